The molecule has 2 heterocycles. The number of hydrogen-bond donors (Lipinski definition) is 1. The molecule has 1 saturated carbocycles. The molecule has 0 unspecified atom stereocenters. The quantitative estimate of drug-likeness (QED) is 0.620. The Labute approximate surface area is 178 Å². The fourth-order valence-corrected chi connectivity index (χ4v) is 5.11. The maximum absolute atomic E-state index is 12.2. The minimum absolute atomic E-state index is 0.318. The van der Waals surface area contributed by atoms with Crippen LogP contribution in [0.1, 0.15) is 32.1 Å². The van der Waals surface area contributed by atoms with Crippen LogP contribution in [-0.2, 0) is 16.9 Å². The molecule has 30 heavy (non-hydrogen) atoms. The monoisotopic (exact) mass is 427 g/mol. The van der Waals surface area contributed by atoms with Gasteiger partial charge in [-0.05, 0) is 43.0 Å². The summed E-state index contributed by atoms with van der Waals surface area (Å²) in [5.74, 6) is 1.22. The highest BCUT2D eigenvalue weighted by Crippen LogP contribution is 2.39. The molecule has 2 aromatic heterocycles. The molecule has 0 bridgehead atoms. The van der Waals surface area contributed by atoms with Gasteiger partial charge in [-0.3, -0.25) is 0 Å². The van der Waals surface area contributed by atoms with Crippen LogP contribution in [0.3, 0.4) is 0 Å². The van der Waals surface area contributed by atoms with Crippen LogP contribution in [0.4, 0.5) is 5.69 Å². The first-order chi connectivity index (χ1) is 14.4. The predicted molar refractivity (Wildman–Crippen MR) is 121 cm³/mol. The SMILES string of the molecule is COc1nccc2c(-c3cc(S(C)(=O)=O)ccc3NCC3CCCCC3)cn(C)c12. The Kier molecular flexibility index (Phi) is 5.73. The molecule has 1 aliphatic rings. The summed E-state index contributed by atoms with van der Waals surface area (Å²) in [5, 5.41) is 4.59. The highest BCUT2D eigenvalue weighted by atomic mass is 32.2. The molecule has 0 aliphatic heterocycles. The lowest BCUT2D eigenvalue weighted by Gasteiger charge is -2.23. The van der Waals surface area contributed by atoms with Crippen molar-refractivity contribution in [2.24, 2.45) is 13.0 Å². The van der Waals surface area contributed by atoms with Crippen LogP contribution in [-0.4, -0.2) is 37.9 Å². The summed E-state index contributed by atoms with van der Waals surface area (Å²) in [6.45, 7) is 0.904. The lowest BCUT2D eigenvalue weighted by atomic mass is 9.89. The molecule has 6 nitrogen and oxygen atoms in total. The molecule has 1 aliphatic carbocycles. The van der Waals surface area contributed by atoms with Crippen LogP contribution < -0.4 is 10.1 Å². The molecule has 0 atom stereocenters. The zero-order chi connectivity index (χ0) is 21.3. The number of fused-ring (bicyclic) bond motifs is 1. The predicted octanol–water partition coefficient (Wildman–Crippen LogP) is 4.64. The maximum atomic E-state index is 12.2. The van der Waals surface area contributed by atoms with Crippen molar-refractivity contribution in [2.45, 2.75) is 37.0 Å². The van der Waals surface area contributed by atoms with Crippen molar-refractivity contribution in [3.63, 3.8) is 0 Å². The number of nitrogens with one attached hydrogen (secondary N) is 1. The van der Waals surface area contributed by atoms with Crippen molar-refractivity contribution in [1.29, 1.82) is 0 Å². The second-order valence-electron chi connectivity index (χ2n) is 8.23. The minimum Gasteiger partial charge on any atom is -0.479 e. The highest BCUT2D eigenvalue weighted by Gasteiger charge is 2.19. The first-order valence-electron chi connectivity index (χ1n) is 10.4. The Morgan fingerprint density at radius 1 is 1.17 bits per heavy atom. The molecule has 0 radical (unpaired) electrons. The molecule has 4 rings (SSSR count). The number of sulfone groups is 1. The Hall–Kier alpha value is -2.54. The first kappa shape index (κ1) is 20.7. The average molecular weight is 428 g/mol. The van der Waals surface area contributed by atoms with Crippen LogP contribution >= 0.6 is 0 Å². The van der Waals surface area contributed by atoms with Crippen molar-refractivity contribution < 1.29 is 13.2 Å². The zero-order valence-electron chi connectivity index (χ0n) is 17.8. The number of hydrogen-bond acceptors (Lipinski definition) is 5. The number of aromatic nitrogens is 2. The summed E-state index contributed by atoms with van der Waals surface area (Å²) in [6.07, 6.45) is 11.4. The molecule has 0 spiro atoms. The van der Waals surface area contributed by atoms with E-state index in [-0.39, 0.29) is 0 Å². The Bertz CT molecular complexity index is 1160. The van der Waals surface area contributed by atoms with E-state index < -0.39 is 9.84 Å². The lowest BCUT2D eigenvalue weighted by molar-refractivity contribution is 0.373. The van der Waals surface area contributed by atoms with Gasteiger partial charge in [-0.15, -0.1) is 0 Å². The van der Waals surface area contributed by atoms with Crippen LogP contribution in [0.2, 0.25) is 0 Å². The van der Waals surface area contributed by atoms with E-state index in [4.69, 9.17) is 4.74 Å². The summed E-state index contributed by atoms with van der Waals surface area (Å²) in [4.78, 5) is 4.63. The van der Waals surface area contributed by atoms with Gasteiger partial charge in [-0.1, -0.05) is 19.3 Å². The molecular formula is C23H29N3O3S. The average Bonchev–Trinajstić information content (AvgIpc) is 3.09. The van der Waals surface area contributed by atoms with Crippen molar-refractivity contribution in [2.75, 3.05) is 25.2 Å². The number of anilines is 1. The minimum atomic E-state index is -3.32. The number of nitrogens with zero attached hydrogens (tertiary/aromatic N) is 2. The largest absolute Gasteiger partial charge is 0.479 e. The van der Waals surface area contributed by atoms with Crippen molar-refractivity contribution in [3.8, 4) is 17.0 Å². The van der Waals surface area contributed by atoms with Crippen molar-refractivity contribution in [3.05, 3.63) is 36.7 Å². The molecule has 1 N–H and O–H groups in total. The summed E-state index contributed by atoms with van der Waals surface area (Å²) >= 11 is 0. The van der Waals surface area contributed by atoms with Crippen molar-refractivity contribution in [1.82, 2.24) is 9.55 Å². The normalized spacial score (nSPS) is 15.4. The fourth-order valence-electron chi connectivity index (χ4n) is 4.46. The van der Waals surface area contributed by atoms with Crippen LogP contribution in [0, 0.1) is 5.92 Å². The third-order valence-electron chi connectivity index (χ3n) is 6.06. The van der Waals surface area contributed by atoms with Gasteiger partial charge < -0.3 is 14.6 Å². The Balaban J connectivity index is 1.81. The molecule has 1 fully saturated rings. The summed E-state index contributed by atoms with van der Waals surface area (Å²) in [6, 6.07) is 7.31. The number of aryl methyl sites for hydroxylation is 1. The topological polar surface area (TPSA) is 73.2 Å². The van der Waals surface area contributed by atoms with Gasteiger partial charge in [0.1, 0.15) is 5.52 Å². The lowest BCUT2D eigenvalue weighted by Crippen LogP contribution is -2.17. The van der Waals surface area contributed by atoms with Gasteiger partial charge in [0.05, 0.1) is 12.0 Å². The molecule has 7 heteroatoms. The summed E-state index contributed by atoms with van der Waals surface area (Å²) in [5.41, 5.74) is 3.69. The van der Waals surface area contributed by atoms with Gasteiger partial charge in [-0.25, -0.2) is 13.4 Å². The van der Waals surface area contributed by atoms with E-state index in [1.807, 2.05) is 29.9 Å². The maximum Gasteiger partial charge on any atom is 0.238 e. The first-order valence-corrected chi connectivity index (χ1v) is 12.3. The number of pyridine rings is 1. The Morgan fingerprint density at radius 3 is 2.63 bits per heavy atom. The van der Waals surface area contributed by atoms with E-state index in [1.54, 1.807) is 25.4 Å². The zero-order valence-corrected chi connectivity index (χ0v) is 18.6. The van der Waals surface area contributed by atoms with E-state index >= 15 is 0 Å². The van der Waals surface area contributed by atoms with Crippen molar-refractivity contribution >= 4 is 26.4 Å². The third kappa shape index (κ3) is 4.03. The van der Waals surface area contributed by atoms with E-state index in [0.717, 1.165) is 34.3 Å². The second kappa shape index (κ2) is 8.30. The van der Waals surface area contributed by atoms with Crippen LogP contribution in [0.5, 0.6) is 5.88 Å². The number of methoxy groups -OCH3 is 1. The van der Waals surface area contributed by atoms with Crippen LogP contribution in [0.15, 0.2) is 41.6 Å². The van der Waals surface area contributed by atoms with Gasteiger partial charge in [0, 0.05) is 54.4 Å². The highest BCUT2D eigenvalue weighted by molar-refractivity contribution is 7.90. The van der Waals surface area contributed by atoms with E-state index in [0.29, 0.717) is 16.7 Å². The summed E-state index contributed by atoms with van der Waals surface area (Å²) < 4.78 is 31.9. The van der Waals surface area contributed by atoms with Gasteiger partial charge in [-0.2, -0.15) is 0 Å². The van der Waals surface area contributed by atoms with Crippen LogP contribution in [0.25, 0.3) is 22.0 Å². The fraction of sp³-hybridized carbons (Fsp3) is 0.435. The molecule has 0 amide bonds. The van der Waals surface area contributed by atoms with E-state index in [1.165, 1.54) is 38.4 Å². The number of rotatable bonds is 6. The van der Waals surface area contributed by atoms with Gasteiger partial charge in [0.2, 0.25) is 5.88 Å². The third-order valence-corrected chi connectivity index (χ3v) is 7.18. The number of benzene rings is 1. The molecule has 160 valence electrons. The number of ether oxygens (including phenoxy) is 1. The smallest absolute Gasteiger partial charge is 0.238 e. The van der Waals surface area contributed by atoms with Gasteiger partial charge in [0.15, 0.2) is 9.84 Å². The van der Waals surface area contributed by atoms with Gasteiger partial charge >= 0.3 is 0 Å². The molecular weight excluding hydrogens is 398 g/mol. The van der Waals surface area contributed by atoms with Gasteiger partial charge in [0.25, 0.3) is 0 Å². The Morgan fingerprint density at radius 2 is 1.93 bits per heavy atom. The summed E-state index contributed by atoms with van der Waals surface area (Å²) in [7, 11) is 0.241. The standard InChI is InChI=1S/C23H29N3O3S/c1-26-15-20(18-11-12-24-23(29-2)22(18)26)19-13-17(30(3,27)28)9-10-21(19)25-14-16-7-5-4-6-8-16/h9-13,15-16,25H,4-8,14H2,1-3H3. The molecule has 0 saturated heterocycles. The molecule has 1 aromatic carbocycles. The molecule has 3 aromatic rings. The van der Waals surface area contributed by atoms with E-state index in [2.05, 4.69) is 10.3 Å². The second-order valence-corrected chi connectivity index (χ2v) is 10.3. The van der Waals surface area contributed by atoms with E-state index in [9.17, 15) is 8.42 Å².